The highest BCUT2D eigenvalue weighted by atomic mass is 19.1. The van der Waals surface area contributed by atoms with E-state index in [1.54, 1.807) is 4.90 Å². The monoisotopic (exact) mass is 298 g/mol. The average molecular weight is 298 g/mol. The Hall–Kier alpha value is -1.69. The first-order valence-electron chi connectivity index (χ1n) is 7.04. The number of likely N-dealkylation sites (tertiary alicyclic amines) is 1. The van der Waals surface area contributed by atoms with Crippen molar-refractivity contribution >= 4 is 5.91 Å². The molecule has 0 unspecified atom stereocenters. The minimum atomic E-state index is -0.813. The zero-order valence-corrected chi connectivity index (χ0v) is 12.2. The van der Waals surface area contributed by atoms with Crippen molar-refractivity contribution in [3.63, 3.8) is 0 Å². The molecule has 1 aliphatic heterocycles. The summed E-state index contributed by atoms with van der Waals surface area (Å²) in [5.41, 5.74) is 5.80. The van der Waals surface area contributed by atoms with E-state index in [2.05, 4.69) is 0 Å². The van der Waals surface area contributed by atoms with Crippen LogP contribution in [0.4, 0.5) is 8.78 Å². The van der Waals surface area contributed by atoms with Crippen molar-refractivity contribution in [2.24, 2.45) is 11.7 Å². The van der Waals surface area contributed by atoms with E-state index in [-0.39, 0.29) is 23.6 Å². The van der Waals surface area contributed by atoms with Crippen LogP contribution in [-0.4, -0.2) is 36.0 Å². The predicted octanol–water partition coefficient (Wildman–Crippen LogP) is 1.93. The van der Waals surface area contributed by atoms with E-state index in [4.69, 9.17) is 10.5 Å². The van der Waals surface area contributed by atoms with Crippen LogP contribution in [0.1, 0.15) is 20.3 Å². The van der Waals surface area contributed by atoms with Crippen LogP contribution >= 0.6 is 0 Å². The Morgan fingerprint density at radius 3 is 2.67 bits per heavy atom. The number of amides is 1. The molecule has 1 aromatic carbocycles. The molecule has 1 fully saturated rings. The summed E-state index contributed by atoms with van der Waals surface area (Å²) in [5, 5.41) is 0. The molecule has 2 N–H and O–H groups in total. The van der Waals surface area contributed by atoms with Crippen LogP contribution in [0.25, 0.3) is 0 Å². The summed E-state index contributed by atoms with van der Waals surface area (Å²) in [6, 6.07) is 3.02. The fraction of sp³-hybridized carbons (Fsp3) is 0.533. The Kier molecular flexibility index (Phi) is 4.77. The van der Waals surface area contributed by atoms with Crippen LogP contribution in [0.5, 0.6) is 5.75 Å². The molecule has 1 amide bonds. The molecule has 1 heterocycles. The van der Waals surface area contributed by atoms with Crippen molar-refractivity contribution < 1.29 is 18.3 Å². The fourth-order valence-corrected chi connectivity index (χ4v) is 2.35. The number of rotatable bonds is 4. The Balaban J connectivity index is 2.13. The van der Waals surface area contributed by atoms with E-state index in [1.807, 2.05) is 13.8 Å². The van der Waals surface area contributed by atoms with Crippen molar-refractivity contribution in [1.82, 2.24) is 4.90 Å². The fourth-order valence-electron chi connectivity index (χ4n) is 2.35. The van der Waals surface area contributed by atoms with Gasteiger partial charge in [-0.1, -0.05) is 13.8 Å². The summed E-state index contributed by atoms with van der Waals surface area (Å²) in [6.07, 6.45) is -0.0585. The summed E-state index contributed by atoms with van der Waals surface area (Å²) < 4.78 is 32.1. The summed E-state index contributed by atoms with van der Waals surface area (Å²) >= 11 is 0. The van der Waals surface area contributed by atoms with Gasteiger partial charge in [0.15, 0.2) is 17.7 Å². The van der Waals surface area contributed by atoms with Gasteiger partial charge in [-0.25, -0.2) is 8.78 Å². The van der Waals surface area contributed by atoms with Crippen LogP contribution in [0.15, 0.2) is 18.2 Å². The molecule has 4 nitrogen and oxygen atoms in total. The summed E-state index contributed by atoms with van der Waals surface area (Å²) in [4.78, 5) is 14.1. The van der Waals surface area contributed by atoms with E-state index < -0.39 is 17.7 Å². The maximum absolute atomic E-state index is 13.7. The van der Waals surface area contributed by atoms with Crippen molar-refractivity contribution in [2.45, 2.75) is 32.4 Å². The molecule has 2 rings (SSSR count). The van der Waals surface area contributed by atoms with Crippen LogP contribution in [0.3, 0.4) is 0 Å². The molecule has 1 saturated heterocycles. The minimum Gasteiger partial charge on any atom is -0.477 e. The Bertz CT molecular complexity index is 522. The molecule has 1 aliphatic rings. The lowest BCUT2D eigenvalue weighted by molar-refractivity contribution is -0.139. The number of hydrogen-bond acceptors (Lipinski definition) is 3. The average Bonchev–Trinajstić information content (AvgIpc) is 2.83. The van der Waals surface area contributed by atoms with Gasteiger partial charge in [-0.15, -0.1) is 0 Å². The second-order valence-electron chi connectivity index (χ2n) is 5.69. The third-order valence-corrected chi connectivity index (χ3v) is 3.53. The maximum Gasteiger partial charge on any atom is 0.263 e. The molecule has 2 atom stereocenters. The van der Waals surface area contributed by atoms with Gasteiger partial charge in [0.1, 0.15) is 5.82 Å². The smallest absolute Gasteiger partial charge is 0.263 e. The van der Waals surface area contributed by atoms with Gasteiger partial charge >= 0.3 is 0 Å². The van der Waals surface area contributed by atoms with Gasteiger partial charge in [0.2, 0.25) is 0 Å². The summed E-state index contributed by atoms with van der Waals surface area (Å²) in [6.45, 7) is 4.70. The van der Waals surface area contributed by atoms with Crippen molar-refractivity contribution in [1.29, 1.82) is 0 Å². The van der Waals surface area contributed by atoms with E-state index in [0.717, 1.165) is 18.6 Å². The number of carbonyl (C=O) groups is 1. The SMILES string of the molecule is CC(C)[C@@H](Oc1ccc(F)cc1F)C(=O)N1CC[C@H](N)C1. The lowest BCUT2D eigenvalue weighted by Crippen LogP contribution is -2.44. The second kappa shape index (κ2) is 6.39. The Morgan fingerprint density at radius 2 is 2.14 bits per heavy atom. The molecule has 0 radical (unpaired) electrons. The molecule has 1 aromatic rings. The molecule has 0 spiro atoms. The van der Waals surface area contributed by atoms with Gasteiger partial charge in [0, 0.05) is 25.2 Å². The van der Waals surface area contributed by atoms with Crippen LogP contribution < -0.4 is 10.5 Å². The molecule has 0 bridgehead atoms. The quantitative estimate of drug-likeness (QED) is 0.924. The number of nitrogens with zero attached hydrogens (tertiary/aromatic N) is 1. The third kappa shape index (κ3) is 3.69. The minimum absolute atomic E-state index is 0.0238. The molecular weight excluding hydrogens is 278 g/mol. The van der Waals surface area contributed by atoms with Crippen LogP contribution in [-0.2, 0) is 4.79 Å². The van der Waals surface area contributed by atoms with Gasteiger partial charge in [0.05, 0.1) is 0 Å². The summed E-state index contributed by atoms with van der Waals surface area (Å²) in [5.74, 6) is -1.96. The van der Waals surface area contributed by atoms with Crippen LogP contribution in [0.2, 0.25) is 0 Å². The van der Waals surface area contributed by atoms with E-state index >= 15 is 0 Å². The van der Waals surface area contributed by atoms with Gasteiger partial charge in [-0.05, 0) is 24.5 Å². The van der Waals surface area contributed by atoms with Gasteiger partial charge in [-0.3, -0.25) is 4.79 Å². The number of ether oxygens (including phenoxy) is 1. The molecule has 116 valence electrons. The normalized spacial score (nSPS) is 19.9. The molecule has 6 heteroatoms. The largest absolute Gasteiger partial charge is 0.477 e. The molecule has 21 heavy (non-hydrogen) atoms. The van der Waals surface area contributed by atoms with Crippen molar-refractivity contribution in [2.75, 3.05) is 13.1 Å². The molecular formula is C15H20F2N2O2. The molecule has 0 saturated carbocycles. The van der Waals surface area contributed by atoms with E-state index in [0.29, 0.717) is 13.1 Å². The highest BCUT2D eigenvalue weighted by Gasteiger charge is 2.33. The first kappa shape index (κ1) is 15.7. The van der Waals surface area contributed by atoms with Gasteiger partial charge in [-0.2, -0.15) is 0 Å². The van der Waals surface area contributed by atoms with Crippen LogP contribution in [0, 0.1) is 17.6 Å². The lowest BCUT2D eigenvalue weighted by Gasteiger charge is -2.26. The number of nitrogens with two attached hydrogens (primary N) is 1. The number of carbonyl (C=O) groups excluding carboxylic acids is 1. The highest BCUT2D eigenvalue weighted by molar-refractivity contribution is 5.82. The molecule has 0 aromatic heterocycles. The Morgan fingerprint density at radius 1 is 1.43 bits per heavy atom. The third-order valence-electron chi connectivity index (χ3n) is 3.53. The van der Waals surface area contributed by atoms with Crippen molar-refractivity contribution in [3.8, 4) is 5.75 Å². The lowest BCUT2D eigenvalue weighted by atomic mass is 10.1. The van der Waals surface area contributed by atoms with Crippen molar-refractivity contribution in [3.05, 3.63) is 29.8 Å². The zero-order valence-electron chi connectivity index (χ0n) is 12.2. The van der Waals surface area contributed by atoms with E-state index in [1.165, 1.54) is 6.07 Å². The standard InChI is InChI=1S/C15H20F2N2O2/c1-9(2)14(15(20)19-6-5-11(18)8-19)21-13-4-3-10(16)7-12(13)17/h3-4,7,9,11,14H,5-6,8,18H2,1-2H3/t11-,14+/m0/s1. The summed E-state index contributed by atoms with van der Waals surface area (Å²) in [7, 11) is 0. The number of benzene rings is 1. The zero-order chi connectivity index (χ0) is 15.6. The highest BCUT2D eigenvalue weighted by Crippen LogP contribution is 2.23. The first-order valence-corrected chi connectivity index (χ1v) is 7.04. The van der Waals surface area contributed by atoms with E-state index in [9.17, 15) is 13.6 Å². The Labute approximate surface area is 122 Å². The van der Waals surface area contributed by atoms with Gasteiger partial charge in [0.25, 0.3) is 5.91 Å². The predicted molar refractivity (Wildman–Crippen MR) is 74.8 cm³/mol. The first-order chi connectivity index (χ1) is 9.88. The number of halogens is 2. The second-order valence-corrected chi connectivity index (χ2v) is 5.69. The van der Waals surface area contributed by atoms with Gasteiger partial charge < -0.3 is 15.4 Å². The topological polar surface area (TPSA) is 55.6 Å². The maximum atomic E-state index is 13.7. The molecule has 0 aliphatic carbocycles. The number of hydrogen-bond donors (Lipinski definition) is 1.